The first-order valence-corrected chi connectivity index (χ1v) is 7.55. The molecule has 2 rings (SSSR count). The fourth-order valence-electron chi connectivity index (χ4n) is 2.35. The number of benzene rings is 2. The molecule has 0 heterocycles. The number of nitrogens with two attached hydrogens (primary N) is 1. The molecule has 21 heavy (non-hydrogen) atoms. The van der Waals surface area contributed by atoms with Crippen LogP contribution in [-0.2, 0) is 12.0 Å². The topological polar surface area (TPSA) is 38.0 Å². The van der Waals surface area contributed by atoms with E-state index in [9.17, 15) is 0 Å². The van der Waals surface area contributed by atoms with Crippen LogP contribution in [0.5, 0.6) is 0 Å². The monoisotopic (exact) mass is 282 g/mol. The fraction of sp³-hybridized carbons (Fsp3) is 0.368. The van der Waals surface area contributed by atoms with Crippen molar-refractivity contribution in [3.05, 3.63) is 65.2 Å². The van der Waals surface area contributed by atoms with E-state index in [1.165, 1.54) is 11.1 Å². The Hall–Kier alpha value is -1.80. The Morgan fingerprint density at radius 1 is 1.00 bits per heavy atom. The third-order valence-electron chi connectivity index (χ3n) is 3.93. The van der Waals surface area contributed by atoms with Crippen molar-refractivity contribution in [2.24, 2.45) is 0 Å². The van der Waals surface area contributed by atoms with Crippen LogP contribution >= 0.6 is 0 Å². The van der Waals surface area contributed by atoms with E-state index in [0.717, 1.165) is 17.8 Å². The van der Waals surface area contributed by atoms with Gasteiger partial charge >= 0.3 is 0 Å². The molecule has 0 radical (unpaired) electrons. The zero-order chi connectivity index (χ0) is 15.5. The van der Waals surface area contributed by atoms with Crippen molar-refractivity contribution in [3.63, 3.8) is 0 Å². The van der Waals surface area contributed by atoms with Crippen molar-refractivity contribution in [3.8, 4) is 0 Å². The van der Waals surface area contributed by atoms with Crippen LogP contribution in [-0.4, -0.2) is 0 Å². The number of rotatable bonds is 4. The maximum Gasteiger partial charge on any atom is 0.0359 e. The normalized spacial score (nSPS) is 13.1. The van der Waals surface area contributed by atoms with Gasteiger partial charge in [0, 0.05) is 18.3 Å². The standard InChI is InChI=1S/C19H26N2/c1-14(21-13-16-7-5-6-8-18(16)20)15-9-11-17(12-10-15)19(2,3)4/h5-12,14,21H,13,20H2,1-4H3. The first-order chi connectivity index (χ1) is 9.88. The van der Waals surface area contributed by atoms with Crippen molar-refractivity contribution >= 4 is 5.69 Å². The molecule has 112 valence electrons. The van der Waals surface area contributed by atoms with Gasteiger partial charge in [0.25, 0.3) is 0 Å². The molecule has 2 nitrogen and oxygen atoms in total. The Labute approximate surface area is 128 Å². The van der Waals surface area contributed by atoms with Gasteiger partial charge in [-0.15, -0.1) is 0 Å². The van der Waals surface area contributed by atoms with Crippen molar-refractivity contribution in [1.82, 2.24) is 5.32 Å². The molecule has 0 saturated carbocycles. The average Bonchev–Trinajstić information content (AvgIpc) is 2.45. The number of anilines is 1. The lowest BCUT2D eigenvalue weighted by atomic mass is 9.86. The lowest BCUT2D eigenvalue weighted by Crippen LogP contribution is -2.19. The molecule has 0 amide bonds. The highest BCUT2D eigenvalue weighted by atomic mass is 14.9. The molecule has 2 heteroatoms. The number of para-hydroxylation sites is 1. The van der Waals surface area contributed by atoms with Crippen LogP contribution in [0.3, 0.4) is 0 Å². The summed E-state index contributed by atoms with van der Waals surface area (Å²) < 4.78 is 0. The zero-order valence-electron chi connectivity index (χ0n) is 13.5. The van der Waals surface area contributed by atoms with E-state index in [0.29, 0.717) is 6.04 Å². The number of nitrogen functional groups attached to an aromatic ring is 1. The number of hydrogen-bond donors (Lipinski definition) is 2. The fourth-order valence-corrected chi connectivity index (χ4v) is 2.35. The van der Waals surface area contributed by atoms with Gasteiger partial charge in [0.1, 0.15) is 0 Å². The summed E-state index contributed by atoms with van der Waals surface area (Å²) in [5, 5.41) is 3.53. The molecular weight excluding hydrogens is 256 g/mol. The Morgan fingerprint density at radius 3 is 2.19 bits per heavy atom. The van der Waals surface area contributed by atoms with Crippen LogP contribution in [0.1, 0.15) is 50.4 Å². The third kappa shape index (κ3) is 4.08. The van der Waals surface area contributed by atoms with E-state index in [2.05, 4.69) is 63.3 Å². The zero-order valence-corrected chi connectivity index (χ0v) is 13.5. The van der Waals surface area contributed by atoms with Gasteiger partial charge in [0.05, 0.1) is 0 Å². The third-order valence-corrected chi connectivity index (χ3v) is 3.93. The molecule has 2 aromatic rings. The van der Waals surface area contributed by atoms with Gasteiger partial charge in [-0.1, -0.05) is 63.2 Å². The lowest BCUT2D eigenvalue weighted by Gasteiger charge is -2.21. The van der Waals surface area contributed by atoms with E-state index < -0.39 is 0 Å². The summed E-state index contributed by atoms with van der Waals surface area (Å²) in [5.74, 6) is 0. The van der Waals surface area contributed by atoms with Gasteiger partial charge in [-0.05, 0) is 35.1 Å². The summed E-state index contributed by atoms with van der Waals surface area (Å²) >= 11 is 0. The average molecular weight is 282 g/mol. The summed E-state index contributed by atoms with van der Waals surface area (Å²) in [6.45, 7) is 9.69. The molecule has 0 aliphatic heterocycles. The quantitative estimate of drug-likeness (QED) is 0.815. The predicted octanol–water partition coefficient (Wildman–Crippen LogP) is 4.42. The highest BCUT2D eigenvalue weighted by Gasteiger charge is 2.14. The van der Waals surface area contributed by atoms with E-state index in [1.54, 1.807) is 0 Å². The summed E-state index contributed by atoms with van der Waals surface area (Å²) in [6, 6.07) is 17.2. The lowest BCUT2D eigenvalue weighted by molar-refractivity contribution is 0.570. The molecule has 0 aromatic heterocycles. The summed E-state index contributed by atoms with van der Waals surface area (Å²) in [5.41, 5.74) is 10.8. The summed E-state index contributed by atoms with van der Waals surface area (Å²) in [6.07, 6.45) is 0. The first kappa shape index (κ1) is 15.6. The van der Waals surface area contributed by atoms with Gasteiger partial charge in [-0.2, -0.15) is 0 Å². The minimum atomic E-state index is 0.202. The molecule has 1 atom stereocenters. The summed E-state index contributed by atoms with van der Waals surface area (Å²) in [7, 11) is 0. The number of hydrogen-bond acceptors (Lipinski definition) is 2. The maximum atomic E-state index is 5.97. The molecule has 0 spiro atoms. The second kappa shape index (κ2) is 6.31. The maximum absolute atomic E-state index is 5.97. The van der Waals surface area contributed by atoms with Crippen LogP contribution in [0.25, 0.3) is 0 Å². The SMILES string of the molecule is CC(NCc1ccccc1N)c1ccc(C(C)(C)C)cc1. The second-order valence-electron chi connectivity index (χ2n) is 6.67. The molecular formula is C19H26N2. The highest BCUT2D eigenvalue weighted by molar-refractivity contribution is 5.46. The van der Waals surface area contributed by atoms with Crippen molar-refractivity contribution < 1.29 is 0 Å². The molecule has 0 aliphatic rings. The van der Waals surface area contributed by atoms with E-state index in [4.69, 9.17) is 5.73 Å². The van der Waals surface area contributed by atoms with Crippen LogP contribution in [0, 0.1) is 0 Å². The predicted molar refractivity (Wildman–Crippen MR) is 91.3 cm³/mol. The molecule has 3 N–H and O–H groups in total. The minimum absolute atomic E-state index is 0.202. The van der Waals surface area contributed by atoms with Crippen molar-refractivity contribution in [2.75, 3.05) is 5.73 Å². The van der Waals surface area contributed by atoms with Crippen LogP contribution in [0.15, 0.2) is 48.5 Å². The molecule has 0 bridgehead atoms. The van der Waals surface area contributed by atoms with E-state index in [-0.39, 0.29) is 5.41 Å². The minimum Gasteiger partial charge on any atom is -0.398 e. The molecule has 2 aromatic carbocycles. The second-order valence-corrected chi connectivity index (χ2v) is 6.67. The Bertz CT molecular complexity index is 579. The van der Waals surface area contributed by atoms with Crippen molar-refractivity contribution in [1.29, 1.82) is 0 Å². The first-order valence-electron chi connectivity index (χ1n) is 7.55. The Kier molecular flexibility index (Phi) is 4.69. The Balaban J connectivity index is 2.01. The van der Waals surface area contributed by atoms with Crippen LogP contribution < -0.4 is 11.1 Å². The van der Waals surface area contributed by atoms with E-state index >= 15 is 0 Å². The largest absolute Gasteiger partial charge is 0.398 e. The molecule has 1 unspecified atom stereocenters. The number of nitrogens with one attached hydrogen (secondary N) is 1. The van der Waals surface area contributed by atoms with Gasteiger partial charge in [-0.3, -0.25) is 0 Å². The Morgan fingerprint density at radius 2 is 1.62 bits per heavy atom. The highest BCUT2D eigenvalue weighted by Crippen LogP contribution is 2.24. The summed E-state index contributed by atoms with van der Waals surface area (Å²) in [4.78, 5) is 0. The smallest absolute Gasteiger partial charge is 0.0359 e. The van der Waals surface area contributed by atoms with Gasteiger partial charge < -0.3 is 11.1 Å². The van der Waals surface area contributed by atoms with Gasteiger partial charge in [-0.25, -0.2) is 0 Å². The van der Waals surface area contributed by atoms with Crippen molar-refractivity contribution in [2.45, 2.75) is 45.7 Å². The molecule has 0 fully saturated rings. The van der Waals surface area contributed by atoms with Gasteiger partial charge in [0.2, 0.25) is 0 Å². The van der Waals surface area contributed by atoms with Gasteiger partial charge in [0.15, 0.2) is 0 Å². The van der Waals surface area contributed by atoms with Crippen LogP contribution in [0.4, 0.5) is 5.69 Å². The molecule has 0 aliphatic carbocycles. The molecule has 0 saturated heterocycles. The van der Waals surface area contributed by atoms with E-state index in [1.807, 2.05) is 18.2 Å². The van der Waals surface area contributed by atoms with Crippen LogP contribution in [0.2, 0.25) is 0 Å².